The SMILES string of the molecule is C=Nc1c(C(=N)c2cccc(-c3ccc4ccccc4c3)c2)ccn1-c1ccccc1.Cn1c2ccccc2c2ccccc21. The van der Waals surface area contributed by atoms with E-state index in [0.717, 1.165) is 27.9 Å². The summed E-state index contributed by atoms with van der Waals surface area (Å²) in [5.41, 5.74) is 7.85. The second kappa shape index (κ2) is 11.9. The van der Waals surface area contributed by atoms with E-state index in [1.807, 2.05) is 59.3 Å². The number of rotatable bonds is 5. The van der Waals surface area contributed by atoms with Gasteiger partial charge in [-0.05, 0) is 71.1 Å². The predicted molar refractivity (Wildman–Crippen MR) is 191 cm³/mol. The summed E-state index contributed by atoms with van der Waals surface area (Å²) in [6, 6.07) is 51.9. The zero-order chi connectivity index (χ0) is 30.8. The van der Waals surface area contributed by atoms with Crippen molar-refractivity contribution in [3.63, 3.8) is 0 Å². The summed E-state index contributed by atoms with van der Waals surface area (Å²) in [5.74, 6) is 0.673. The molecule has 0 amide bonds. The average Bonchev–Trinajstić information content (AvgIpc) is 3.68. The van der Waals surface area contributed by atoms with Crippen molar-refractivity contribution in [3.8, 4) is 16.8 Å². The van der Waals surface area contributed by atoms with Gasteiger partial charge in [-0.15, -0.1) is 0 Å². The molecule has 0 fully saturated rings. The van der Waals surface area contributed by atoms with Gasteiger partial charge in [0.1, 0.15) is 5.82 Å². The normalized spacial score (nSPS) is 11.0. The van der Waals surface area contributed by atoms with Crippen molar-refractivity contribution < 1.29 is 0 Å². The number of hydrogen-bond donors (Lipinski definition) is 1. The van der Waals surface area contributed by atoms with Crippen LogP contribution in [0.3, 0.4) is 0 Å². The van der Waals surface area contributed by atoms with Gasteiger partial charge in [-0.1, -0.05) is 109 Å². The van der Waals surface area contributed by atoms with Crippen LogP contribution in [0.15, 0.2) is 163 Å². The van der Waals surface area contributed by atoms with Gasteiger partial charge in [-0.25, -0.2) is 4.99 Å². The molecule has 0 aliphatic rings. The molecule has 45 heavy (non-hydrogen) atoms. The van der Waals surface area contributed by atoms with Crippen molar-refractivity contribution in [1.29, 1.82) is 5.41 Å². The van der Waals surface area contributed by atoms with Crippen molar-refractivity contribution >= 4 is 50.8 Å². The zero-order valence-electron chi connectivity index (χ0n) is 25.1. The molecule has 6 aromatic carbocycles. The van der Waals surface area contributed by atoms with E-state index in [4.69, 9.17) is 5.41 Å². The van der Waals surface area contributed by atoms with Gasteiger partial charge in [0.2, 0.25) is 0 Å². The van der Waals surface area contributed by atoms with Gasteiger partial charge in [0.05, 0.1) is 5.71 Å². The van der Waals surface area contributed by atoms with Gasteiger partial charge >= 0.3 is 0 Å². The lowest BCUT2D eigenvalue weighted by Gasteiger charge is -2.10. The summed E-state index contributed by atoms with van der Waals surface area (Å²) in [6.45, 7) is 3.75. The molecule has 0 unspecified atom stereocenters. The third-order valence-electron chi connectivity index (χ3n) is 8.37. The third-order valence-corrected chi connectivity index (χ3v) is 8.37. The summed E-state index contributed by atoms with van der Waals surface area (Å²) in [4.78, 5) is 4.24. The molecule has 2 heterocycles. The van der Waals surface area contributed by atoms with E-state index in [0.29, 0.717) is 11.5 Å². The Morgan fingerprint density at radius 3 is 1.93 bits per heavy atom. The lowest BCUT2D eigenvalue weighted by molar-refractivity contribution is 1.01. The molecule has 8 rings (SSSR count). The molecular formula is C41H32N4. The molecular weight excluding hydrogens is 548 g/mol. The molecule has 8 aromatic rings. The standard InChI is InChI=1S/C28H21N3.C13H11N/c1-30-28-26(16-17-31(28)25-12-3-2-4-13-25)27(29)24-11-7-10-22(19-24)23-15-14-20-8-5-6-9-21(20)18-23;1-14-12-8-4-2-6-10(12)11-7-3-5-9-13(11)14/h2-19,29H,1H2;2-9H,1H3. The van der Waals surface area contributed by atoms with Crippen molar-refractivity contribution in [2.24, 2.45) is 12.0 Å². The highest BCUT2D eigenvalue weighted by molar-refractivity contribution is 6.14. The molecule has 4 nitrogen and oxygen atoms in total. The average molecular weight is 581 g/mol. The Hall–Kier alpha value is -6.00. The molecule has 1 N–H and O–H groups in total. The first kappa shape index (κ1) is 27.8. The number of benzene rings is 6. The van der Waals surface area contributed by atoms with Crippen molar-refractivity contribution in [2.75, 3.05) is 0 Å². The fourth-order valence-electron chi connectivity index (χ4n) is 6.07. The molecule has 0 saturated carbocycles. The van der Waals surface area contributed by atoms with E-state index in [1.54, 1.807) is 0 Å². The number of hydrogen-bond acceptors (Lipinski definition) is 2. The molecule has 216 valence electrons. The number of nitrogens with one attached hydrogen (secondary N) is 1. The fraction of sp³-hybridized carbons (Fsp3) is 0.0244. The Labute approximate surface area is 262 Å². The molecule has 2 aromatic heterocycles. The molecule has 0 saturated heterocycles. The number of aliphatic imine (C=N–C) groups is 1. The quantitative estimate of drug-likeness (QED) is 0.197. The van der Waals surface area contributed by atoms with E-state index in [2.05, 4.69) is 126 Å². The highest BCUT2D eigenvalue weighted by Gasteiger charge is 2.15. The van der Waals surface area contributed by atoms with Crippen LogP contribution in [0.1, 0.15) is 11.1 Å². The van der Waals surface area contributed by atoms with Crippen LogP contribution < -0.4 is 0 Å². The van der Waals surface area contributed by atoms with Gasteiger partial charge in [0, 0.05) is 51.9 Å². The van der Waals surface area contributed by atoms with Gasteiger partial charge in [0.15, 0.2) is 0 Å². The first-order valence-corrected chi connectivity index (χ1v) is 15.0. The van der Waals surface area contributed by atoms with Crippen molar-refractivity contribution in [2.45, 2.75) is 0 Å². The van der Waals surface area contributed by atoms with E-state index in [1.165, 1.54) is 32.6 Å². The number of aryl methyl sites for hydroxylation is 1. The fourth-order valence-corrected chi connectivity index (χ4v) is 6.07. The van der Waals surface area contributed by atoms with Gasteiger partial charge in [-0.2, -0.15) is 0 Å². The topological polar surface area (TPSA) is 46.1 Å². The van der Waals surface area contributed by atoms with Crippen LogP contribution in [0, 0.1) is 5.41 Å². The molecule has 0 aliphatic heterocycles. The number of nitrogens with zero attached hydrogens (tertiary/aromatic N) is 3. The van der Waals surface area contributed by atoms with E-state index >= 15 is 0 Å². The van der Waals surface area contributed by atoms with Crippen LogP contribution in [0.5, 0.6) is 0 Å². The Kier molecular flexibility index (Phi) is 7.38. The van der Waals surface area contributed by atoms with Crippen LogP contribution in [-0.2, 0) is 7.05 Å². The van der Waals surface area contributed by atoms with Gasteiger partial charge in [0.25, 0.3) is 0 Å². The van der Waals surface area contributed by atoms with Gasteiger partial charge < -0.3 is 9.13 Å². The minimum Gasteiger partial charge on any atom is -0.344 e. The minimum atomic E-state index is 0.430. The maximum atomic E-state index is 8.88. The van der Waals surface area contributed by atoms with Crippen molar-refractivity contribution in [3.05, 3.63) is 169 Å². The van der Waals surface area contributed by atoms with Crippen LogP contribution in [0.2, 0.25) is 0 Å². The lowest BCUT2D eigenvalue weighted by atomic mass is 9.97. The Morgan fingerprint density at radius 1 is 0.600 bits per heavy atom. The maximum Gasteiger partial charge on any atom is 0.145 e. The number of para-hydroxylation sites is 3. The lowest BCUT2D eigenvalue weighted by Crippen LogP contribution is -2.02. The Balaban J connectivity index is 0.000000192. The smallest absolute Gasteiger partial charge is 0.145 e. The van der Waals surface area contributed by atoms with E-state index < -0.39 is 0 Å². The van der Waals surface area contributed by atoms with Crippen LogP contribution in [-0.4, -0.2) is 21.6 Å². The zero-order valence-corrected chi connectivity index (χ0v) is 25.1. The minimum absolute atomic E-state index is 0.430. The second-order valence-electron chi connectivity index (χ2n) is 11.0. The molecule has 0 radical (unpaired) electrons. The molecule has 0 bridgehead atoms. The maximum absolute atomic E-state index is 8.88. The monoisotopic (exact) mass is 580 g/mol. The summed E-state index contributed by atoms with van der Waals surface area (Å²) in [5, 5.41) is 14.0. The summed E-state index contributed by atoms with van der Waals surface area (Å²) < 4.78 is 4.20. The molecule has 0 aliphatic carbocycles. The second-order valence-corrected chi connectivity index (χ2v) is 11.0. The van der Waals surface area contributed by atoms with Crippen molar-refractivity contribution in [1.82, 2.24) is 9.13 Å². The van der Waals surface area contributed by atoms with Crippen LogP contribution in [0.25, 0.3) is 49.4 Å². The molecule has 4 heteroatoms. The van der Waals surface area contributed by atoms with Gasteiger partial charge in [-0.3, -0.25) is 5.41 Å². The van der Waals surface area contributed by atoms with Crippen LogP contribution >= 0.6 is 0 Å². The number of aromatic nitrogens is 2. The van der Waals surface area contributed by atoms with E-state index in [-0.39, 0.29) is 0 Å². The largest absolute Gasteiger partial charge is 0.344 e. The summed E-state index contributed by atoms with van der Waals surface area (Å²) in [7, 11) is 2.12. The highest BCUT2D eigenvalue weighted by Crippen LogP contribution is 2.30. The Morgan fingerprint density at radius 2 is 1.22 bits per heavy atom. The molecule has 0 atom stereocenters. The summed E-state index contributed by atoms with van der Waals surface area (Å²) in [6.07, 6.45) is 1.94. The number of fused-ring (bicyclic) bond motifs is 4. The first-order chi connectivity index (χ1) is 22.1. The summed E-state index contributed by atoms with van der Waals surface area (Å²) >= 11 is 0. The van der Waals surface area contributed by atoms with Crippen LogP contribution in [0.4, 0.5) is 5.82 Å². The van der Waals surface area contributed by atoms with E-state index in [9.17, 15) is 0 Å². The predicted octanol–water partition coefficient (Wildman–Crippen LogP) is 10.4. The Bertz CT molecular complexity index is 2270. The first-order valence-electron chi connectivity index (χ1n) is 15.0. The molecule has 0 spiro atoms. The third kappa shape index (κ3) is 5.23. The highest BCUT2D eigenvalue weighted by atomic mass is 15.1.